The van der Waals surface area contributed by atoms with E-state index in [2.05, 4.69) is 5.32 Å². The van der Waals surface area contributed by atoms with Gasteiger partial charge in [0, 0.05) is 25.6 Å². The molecule has 1 saturated heterocycles. The van der Waals surface area contributed by atoms with Gasteiger partial charge < -0.3 is 24.1 Å². The highest BCUT2D eigenvalue weighted by Crippen LogP contribution is 2.30. The summed E-state index contributed by atoms with van der Waals surface area (Å²) >= 11 is 0. The molecule has 6 nitrogen and oxygen atoms in total. The van der Waals surface area contributed by atoms with Gasteiger partial charge in [-0.15, -0.1) is 0 Å². The van der Waals surface area contributed by atoms with Crippen molar-refractivity contribution in [3.05, 3.63) is 30.0 Å². The molecule has 1 aliphatic rings. The Labute approximate surface area is 141 Å². The fourth-order valence-electron chi connectivity index (χ4n) is 2.97. The summed E-state index contributed by atoms with van der Waals surface area (Å²) in [5.41, 5.74) is 0.698. The van der Waals surface area contributed by atoms with Gasteiger partial charge in [-0.25, -0.2) is 4.79 Å². The highest BCUT2D eigenvalue weighted by atomic mass is 16.5. The van der Waals surface area contributed by atoms with Crippen LogP contribution in [0.3, 0.4) is 0 Å². The van der Waals surface area contributed by atoms with E-state index in [1.165, 1.54) is 0 Å². The predicted octanol–water partition coefficient (Wildman–Crippen LogP) is 3.32. The lowest BCUT2D eigenvalue weighted by molar-refractivity contribution is 0.0869. The van der Waals surface area contributed by atoms with Crippen LogP contribution in [-0.2, 0) is 4.74 Å². The lowest BCUT2D eigenvalue weighted by Crippen LogP contribution is -2.42. The zero-order valence-corrected chi connectivity index (χ0v) is 14.4. The number of hydrogen-bond acceptors (Lipinski definition) is 4. The number of ether oxygens (including phenoxy) is 2. The van der Waals surface area contributed by atoms with Gasteiger partial charge in [0.05, 0.1) is 19.3 Å². The maximum atomic E-state index is 12.3. The normalized spacial score (nSPS) is 18.5. The molecule has 2 amide bonds. The minimum Gasteiger partial charge on any atom is -0.493 e. The van der Waals surface area contributed by atoms with Crippen molar-refractivity contribution in [3.63, 3.8) is 0 Å². The third-order valence-electron chi connectivity index (χ3n) is 4.36. The predicted molar refractivity (Wildman–Crippen MR) is 91.3 cm³/mol. The van der Waals surface area contributed by atoms with Gasteiger partial charge in [0.25, 0.3) is 0 Å². The molecule has 1 N–H and O–H groups in total. The zero-order chi connectivity index (χ0) is 17.1. The number of nitrogens with zero attached hydrogens (tertiary/aromatic N) is 1. The molecule has 0 spiro atoms. The Bertz CT molecular complexity index is 706. The number of carbonyl (C=O) groups is 1. The molecular formula is C18H24N2O4. The number of likely N-dealkylation sites (N-methyl/N-ethyl adjacent to an activating group) is 1. The van der Waals surface area contributed by atoms with Gasteiger partial charge in [-0.05, 0) is 31.9 Å². The Morgan fingerprint density at radius 3 is 3.04 bits per heavy atom. The molecular weight excluding hydrogens is 308 g/mol. The summed E-state index contributed by atoms with van der Waals surface area (Å²) in [5, 5.41) is 3.92. The number of carbonyl (C=O) groups excluding carboxylic acids is 1. The molecule has 1 aliphatic heterocycles. The van der Waals surface area contributed by atoms with E-state index in [4.69, 9.17) is 13.9 Å². The van der Waals surface area contributed by atoms with Gasteiger partial charge in [-0.3, -0.25) is 0 Å². The van der Waals surface area contributed by atoms with Crippen LogP contribution in [0.4, 0.5) is 4.79 Å². The van der Waals surface area contributed by atoms with Gasteiger partial charge in [0.15, 0.2) is 11.3 Å². The third-order valence-corrected chi connectivity index (χ3v) is 4.36. The van der Waals surface area contributed by atoms with E-state index in [-0.39, 0.29) is 18.2 Å². The van der Waals surface area contributed by atoms with Crippen LogP contribution in [0, 0.1) is 0 Å². The lowest BCUT2D eigenvalue weighted by atomic mass is 10.2. The molecule has 1 fully saturated rings. The molecule has 1 aromatic carbocycles. The molecule has 6 heteroatoms. The smallest absolute Gasteiger partial charge is 0.317 e. The third kappa shape index (κ3) is 3.48. The number of methoxy groups -OCH3 is 1. The first-order chi connectivity index (χ1) is 11.6. The summed E-state index contributed by atoms with van der Waals surface area (Å²) in [7, 11) is 3.40. The second-order valence-electron chi connectivity index (χ2n) is 6.21. The van der Waals surface area contributed by atoms with Gasteiger partial charge in [0.2, 0.25) is 0 Å². The van der Waals surface area contributed by atoms with Gasteiger partial charge in [0.1, 0.15) is 5.76 Å². The second kappa shape index (κ2) is 7.13. The van der Waals surface area contributed by atoms with Crippen LogP contribution in [0.5, 0.6) is 5.75 Å². The molecule has 0 bridgehead atoms. The zero-order valence-electron chi connectivity index (χ0n) is 14.4. The van der Waals surface area contributed by atoms with Crippen LogP contribution in [0.2, 0.25) is 0 Å². The minimum atomic E-state index is -0.235. The van der Waals surface area contributed by atoms with Crippen molar-refractivity contribution in [1.29, 1.82) is 0 Å². The molecule has 130 valence electrons. The van der Waals surface area contributed by atoms with Crippen LogP contribution in [0.15, 0.2) is 28.7 Å². The fraction of sp³-hybridized carbons (Fsp3) is 0.500. The molecule has 2 aromatic rings. The summed E-state index contributed by atoms with van der Waals surface area (Å²) < 4.78 is 16.8. The summed E-state index contributed by atoms with van der Waals surface area (Å²) in [6.07, 6.45) is 2.22. The number of para-hydroxylation sites is 1. The van der Waals surface area contributed by atoms with Crippen molar-refractivity contribution in [1.82, 2.24) is 10.2 Å². The number of benzene rings is 1. The number of fused-ring (bicyclic) bond motifs is 1. The molecule has 3 rings (SSSR count). The average molecular weight is 332 g/mol. The minimum absolute atomic E-state index is 0.134. The Morgan fingerprint density at radius 1 is 1.50 bits per heavy atom. The first-order valence-corrected chi connectivity index (χ1v) is 8.28. The van der Waals surface area contributed by atoms with Crippen molar-refractivity contribution in [2.24, 2.45) is 0 Å². The topological polar surface area (TPSA) is 63.9 Å². The monoisotopic (exact) mass is 332 g/mol. The summed E-state index contributed by atoms with van der Waals surface area (Å²) in [5.74, 6) is 1.39. The van der Waals surface area contributed by atoms with Crippen LogP contribution in [0.1, 0.15) is 31.6 Å². The molecule has 1 aromatic heterocycles. The van der Waals surface area contributed by atoms with E-state index in [1.54, 1.807) is 19.1 Å². The lowest BCUT2D eigenvalue weighted by Gasteiger charge is -2.23. The molecule has 24 heavy (non-hydrogen) atoms. The van der Waals surface area contributed by atoms with Crippen LogP contribution in [0.25, 0.3) is 11.0 Å². The highest BCUT2D eigenvalue weighted by Gasteiger charge is 2.22. The van der Waals surface area contributed by atoms with Crippen molar-refractivity contribution < 1.29 is 18.7 Å². The van der Waals surface area contributed by atoms with E-state index in [0.717, 1.165) is 24.8 Å². The maximum absolute atomic E-state index is 12.3. The van der Waals surface area contributed by atoms with Gasteiger partial charge in [-0.1, -0.05) is 12.1 Å². The van der Waals surface area contributed by atoms with Crippen molar-refractivity contribution >= 4 is 17.0 Å². The van der Waals surface area contributed by atoms with Gasteiger partial charge in [-0.2, -0.15) is 0 Å². The van der Waals surface area contributed by atoms with E-state index in [9.17, 15) is 4.79 Å². The average Bonchev–Trinajstić information content (AvgIpc) is 3.23. The molecule has 2 atom stereocenters. The number of amides is 2. The fourth-order valence-corrected chi connectivity index (χ4v) is 2.97. The number of hydrogen-bond donors (Lipinski definition) is 1. The van der Waals surface area contributed by atoms with E-state index in [0.29, 0.717) is 23.6 Å². The maximum Gasteiger partial charge on any atom is 0.317 e. The van der Waals surface area contributed by atoms with Crippen LogP contribution in [-0.4, -0.2) is 44.3 Å². The molecule has 0 unspecified atom stereocenters. The number of rotatable bonds is 5. The first kappa shape index (κ1) is 16.6. The Balaban J connectivity index is 1.65. The molecule has 0 saturated carbocycles. The van der Waals surface area contributed by atoms with E-state index in [1.807, 2.05) is 31.2 Å². The van der Waals surface area contributed by atoms with Crippen molar-refractivity contribution in [2.45, 2.75) is 31.9 Å². The van der Waals surface area contributed by atoms with Crippen molar-refractivity contribution in [2.75, 3.05) is 27.3 Å². The highest BCUT2D eigenvalue weighted by molar-refractivity contribution is 5.84. The van der Waals surface area contributed by atoms with E-state index >= 15 is 0 Å². The summed E-state index contributed by atoms with van der Waals surface area (Å²) in [4.78, 5) is 14.0. The molecule has 0 aliphatic carbocycles. The largest absolute Gasteiger partial charge is 0.493 e. The first-order valence-electron chi connectivity index (χ1n) is 8.28. The number of furan rings is 1. The Hall–Kier alpha value is -2.21. The SMILES string of the molecule is COc1cccc2cc([C@H](C)NC(=O)N(C)C[C@H]3CCCO3)oc12. The second-order valence-corrected chi connectivity index (χ2v) is 6.21. The Morgan fingerprint density at radius 2 is 2.33 bits per heavy atom. The molecule has 0 radical (unpaired) electrons. The summed E-state index contributed by atoms with van der Waals surface area (Å²) in [6, 6.07) is 7.30. The number of nitrogens with one attached hydrogen (secondary N) is 1. The van der Waals surface area contributed by atoms with Gasteiger partial charge >= 0.3 is 6.03 Å². The molecule has 2 heterocycles. The van der Waals surface area contributed by atoms with E-state index < -0.39 is 0 Å². The van der Waals surface area contributed by atoms with Crippen LogP contribution >= 0.6 is 0 Å². The quantitative estimate of drug-likeness (QED) is 0.912. The summed E-state index contributed by atoms with van der Waals surface area (Å²) in [6.45, 7) is 3.30. The standard InChI is InChI=1S/C18H24N2O4/c1-12(19-18(21)20(2)11-14-7-5-9-23-14)16-10-13-6-4-8-15(22-3)17(13)24-16/h4,6,8,10,12,14H,5,7,9,11H2,1-3H3,(H,19,21)/t12-,14+/m0/s1. The van der Waals surface area contributed by atoms with Crippen molar-refractivity contribution in [3.8, 4) is 5.75 Å². The number of urea groups is 1. The Kier molecular flexibility index (Phi) is 4.94. The van der Waals surface area contributed by atoms with Crippen LogP contribution < -0.4 is 10.1 Å².